The van der Waals surface area contributed by atoms with Crippen LogP contribution >= 0.6 is 0 Å². The molecule has 1 aromatic carbocycles. The van der Waals surface area contributed by atoms with Crippen LogP contribution in [0.1, 0.15) is 42.3 Å². The predicted molar refractivity (Wildman–Crippen MR) is 71.8 cm³/mol. The van der Waals surface area contributed by atoms with Crippen LogP contribution in [0, 0.1) is 0 Å². The summed E-state index contributed by atoms with van der Waals surface area (Å²) in [6.45, 7) is 7.94. The molecule has 0 unspecified atom stereocenters. The second-order valence-corrected chi connectivity index (χ2v) is 5.03. The standard InChI is InChI=1S/C15H19NO3/c1-4-19-15(18)14(17)11-5-6-12-8-16(10(2)3)9-13(12)7-11/h5-7,10H,4,8-9H2,1-3H3. The van der Waals surface area contributed by atoms with Gasteiger partial charge in [0.1, 0.15) is 0 Å². The molecule has 0 aliphatic carbocycles. The molecule has 0 atom stereocenters. The van der Waals surface area contributed by atoms with Crippen LogP contribution < -0.4 is 0 Å². The summed E-state index contributed by atoms with van der Waals surface area (Å²) in [6, 6.07) is 5.93. The lowest BCUT2D eigenvalue weighted by Crippen LogP contribution is -2.24. The normalized spacial score (nSPS) is 14.5. The summed E-state index contributed by atoms with van der Waals surface area (Å²) in [5.41, 5.74) is 2.78. The number of benzene rings is 1. The van der Waals surface area contributed by atoms with Crippen molar-refractivity contribution in [3.05, 3.63) is 34.9 Å². The minimum Gasteiger partial charge on any atom is -0.460 e. The quantitative estimate of drug-likeness (QED) is 0.473. The fraction of sp³-hybridized carbons (Fsp3) is 0.467. The molecule has 0 radical (unpaired) electrons. The van der Waals surface area contributed by atoms with Gasteiger partial charge in [-0.15, -0.1) is 0 Å². The molecule has 0 saturated carbocycles. The first-order chi connectivity index (χ1) is 9.02. The molecule has 0 spiro atoms. The van der Waals surface area contributed by atoms with Crippen LogP contribution in [0.15, 0.2) is 18.2 Å². The Hall–Kier alpha value is -1.68. The van der Waals surface area contributed by atoms with Gasteiger partial charge >= 0.3 is 5.97 Å². The van der Waals surface area contributed by atoms with Gasteiger partial charge in [0.15, 0.2) is 0 Å². The number of carbonyl (C=O) groups is 2. The molecule has 1 aliphatic rings. The lowest BCUT2D eigenvalue weighted by Gasteiger charge is -2.18. The number of Topliss-reactive ketones (excluding diaryl/α,β-unsaturated/α-hetero) is 1. The molecule has 0 N–H and O–H groups in total. The topological polar surface area (TPSA) is 46.6 Å². The van der Waals surface area contributed by atoms with E-state index in [9.17, 15) is 9.59 Å². The van der Waals surface area contributed by atoms with E-state index in [4.69, 9.17) is 4.74 Å². The Kier molecular flexibility index (Phi) is 4.00. The van der Waals surface area contributed by atoms with Crippen LogP contribution in [0.3, 0.4) is 0 Å². The molecular weight excluding hydrogens is 242 g/mol. The van der Waals surface area contributed by atoms with Gasteiger partial charge in [0.25, 0.3) is 5.78 Å². The number of fused-ring (bicyclic) bond motifs is 1. The van der Waals surface area contributed by atoms with Gasteiger partial charge in [-0.1, -0.05) is 12.1 Å². The number of ether oxygens (including phenoxy) is 1. The van der Waals surface area contributed by atoms with Gasteiger partial charge in [-0.05, 0) is 38.0 Å². The molecule has 1 aromatic rings. The summed E-state index contributed by atoms with van der Waals surface area (Å²) in [5.74, 6) is -1.34. The highest BCUT2D eigenvalue weighted by atomic mass is 16.5. The maximum atomic E-state index is 11.9. The number of hydrogen-bond acceptors (Lipinski definition) is 4. The summed E-state index contributed by atoms with van der Waals surface area (Å²) in [4.78, 5) is 25.6. The Bertz CT molecular complexity index is 508. The molecule has 2 rings (SSSR count). The second-order valence-electron chi connectivity index (χ2n) is 5.03. The summed E-state index contributed by atoms with van der Waals surface area (Å²) in [7, 11) is 0. The maximum Gasteiger partial charge on any atom is 0.379 e. The van der Waals surface area contributed by atoms with Crippen molar-refractivity contribution in [2.75, 3.05) is 6.61 Å². The zero-order chi connectivity index (χ0) is 14.0. The highest BCUT2D eigenvalue weighted by Crippen LogP contribution is 2.25. The minimum atomic E-state index is -0.777. The molecule has 1 heterocycles. The van der Waals surface area contributed by atoms with Crippen molar-refractivity contribution in [1.29, 1.82) is 0 Å². The van der Waals surface area contributed by atoms with E-state index in [0.717, 1.165) is 18.7 Å². The van der Waals surface area contributed by atoms with Crippen LogP contribution in [-0.2, 0) is 22.6 Å². The lowest BCUT2D eigenvalue weighted by molar-refractivity contribution is -0.137. The average molecular weight is 261 g/mol. The lowest BCUT2D eigenvalue weighted by atomic mass is 10.0. The number of esters is 1. The van der Waals surface area contributed by atoms with E-state index in [1.807, 2.05) is 12.1 Å². The fourth-order valence-electron chi connectivity index (χ4n) is 2.24. The predicted octanol–water partition coefficient (Wildman–Crippen LogP) is 2.16. The van der Waals surface area contributed by atoms with Crippen molar-refractivity contribution < 1.29 is 14.3 Å². The Morgan fingerprint density at radius 1 is 1.26 bits per heavy atom. The molecule has 0 saturated heterocycles. The van der Waals surface area contributed by atoms with Crippen LogP contribution in [0.25, 0.3) is 0 Å². The molecule has 4 nitrogen and oxygen atoms in total. The minimum absolute atomic E-state index is 0.219. The number of rotatable bonds is 4. The van der Waals surface area contributed by atoms with Crippen molar-refractivity contribution in [3.63, 3.8) is 0 Å². The van der Waals surface area contributed by atoms with E-state index in [1.165, 1.54) is 5.56 Å². The number of nitrogens with zero attached hydrogens (tertiary/aromatic N) is 1. The Morgan fingerprint density at radius 3 is 2.58 bits per heavy atom. The summed E-state index contributed by atoms with van der Waals surface area (Å²) >= 11 is 0. The third kappa shape index (κ3) is 2.84. The summed E-state index contributed by atoms with van der Waals surface area (Å²) < 4.78 is 4.74. The largest absolute Gasteiger partial charge is 0.460 e. The van der Waals surface area contributed by atoms with Gasteiger partial charge in [-0.2, -0.15) is 0 Å². The third-order valence-electron chi connectivity index (χ3n) is 3.41. The van der Waals surface area contributed by atoms with E-state index >= 15 is 0 Å². The molecule has 0 aromatic heterocycles. The first-order valence-electron chi connectivity index (χ1n) is 6.60. The average Bonchev–Trinajstić information content (AvgIpc) is 2.81. The van der Waals surface area contributed by atoms with E-state index in [2.05, 4.69) is 18.7 Å². The van der Waals surface area contributed by atoms with Crippen LogP contribution in [0.2, 0.25) is 0 Å². The monoisotopic (exact) mass is 261 g/mol. The highest BCUT2D eigenvalue weighted by Gasteiger charge is 2.24. The number of hydrogen-bond donors (Lipinski definition) is 0. The van der Waals surface area contributed by atoms with Crippen LogP contribution in [0.5, 0.6) is 0 Å². The van der Waals surface area contributed by atoms with Gasteiger partial charge in [0, 0.05) is 24.7 Å². The third-order valence-corrected chi connectivity index (χ3v) is 3.41. The Morgan fingerprint density at radius 2 is 1.95 bits per heavy atom. The molecule has 0 fully saturated rings. The second kappa shape index (κ2) is 5.53. The maximum absolute atomic E-state index is 11.9. The zero-order valence-electron chi connectivity index (χ0n) is 11.6. The van der Waals surface area contributed by atoms with Gasteiger partial charge in [0.2, 0.25) is 0 Å². The molecule has 4 heteroatoms. The van der Waals surface area contributed by atoms with E-state index in [0.29, 0.717) is 11.6 Å². The van der Waals surface area contributed by atoms with Gasteiger partial charge < -0.3 is 4.74 Å². The number of carbonyl (C=O) groups excluding carboxylic acids is 2. The molecule has 19 heavy (non-hydrogen) atoms. The fourth-order valence-corrected chi connectivity index (χ4v) is 2.24. The molecule has 102 valence electrons. The SMILES string of the molecule is CCOC(=O)C(=O)c1ccc2c(c1)CN(C(C)C)C2. The zero-order valence-corrected chi connectivity index (χ0v) is 11.6. The first-order valence-corrected chi connectivity index (χ1v) is 6.60. The highest BCUT2D eigenvalue weighted by molar-refractivity contribution is 6.40. The summed E-state index contributed by atoms with van der Waals surface area (Å²) in [5, 5.41) is 0. The Balaban J connectivity index is 2.18. The van der Waals surface area contributed by atoms with E-state index in [-0.39, 0.29) is 6.61 Å². The van der Waals surface area contributed by atoms with Crippen molar-refractivity contribution >= 4 is 11.8 Å². The van der Waals surface area contributed by atoms with Crippen molar-refractivity contribution in [1.82, 2.24) is 4.90 Å². The molecular formula is C15H19NO3. The van der Waals surface area contributed by atoms with E-state index in [1.54, 1.807) is 13.0 Å². The smallest absolute Gasteiger partial charge is 0.379 e. The van der Waals surface area contributed by atoms with Gasteiger partial charge in [-0.3, -0.25) is 9.69 Å². The molecule has 0 bridgehead atoms. The summed E-state index contributed by atoms with van der Waals surface area (Å²) in [6.07, 6.45) is 0. The molecule has 1 aliphatic heterocycles. The molecule has 0 amide bonds. The first kappa shape index (κ1) is 13.7. The van der Waals surface area contributed by atoms with E-state index < -0.39 is 11.8 Å². The van der Waals surface area contributed by atoms with Crippen LogP contribution in [0.4, 0.5) is 0 Å². The van der Waals surface area contributed by atoms with Crippen molar-refractivity contribution in [2.24, 2.45) is 0 Å². The van der Waals surface area contributed by atoms with Gasteiger partial charge in [-0.25, -0.2) is 4.79 Å². The van der Waals surface area contributed by atoms with Crippen molar-refractivity contribution in [3.8, 4) is 0 Å². The number of ketones is 1. The van der Waals surface area contributed by atoms with Crippen LogP contribution in [-0.4, -0.2) is 29.3 Å². The van der Waals surface area contributed by atoms with Gasteiger partial charge in [0.05, 0.1) is 6.61 Å². The Labute approximate surface area is 113 Å². The van der Waals surface area contributed by atoms with Crippen molar-refractivity contribution in [2.45, 2.75) is 39.9 Å².